The second-order valence-electron chi connectivity index (χ2n) is 10.5. The molecule has 0 saturated carbocycles. The predicted molar refractivity (Wildman–Crippen MR) is 168 cm³/mol. The fourth-order valence-electron chi connectivity index (χ4n) is 6.90. The summed E-state index contributed by atoms with van der Waals surface area (Å²) in [6, 6.07) is 48.5. The summed E-state index contributed by atoms with van der Waals surface area (Å²) in [6.07, 6.45) is 0. The Hall–Kier alpha value is -4.85. The number of nitrogens with zero attached hydrogens (tertiary/aromatic N) is 2. The normalized spacial score (nSPS) is 16.2. The molecule has 3 nitrogen and oxygen atoms in total. The van der Waals surface area contributed by atoms with Crippen molar-refractivity contribution in [3.05, 3.63) is 140 Å². The molecule has 1 atom stereocenters. The Morgan fingerprint density at radius 3 is 1.45 bits per heavy atom. The summed E-state index contributed by atoms with van der Waals surface area (Å²) >= 11 is 0. The number of para-hydroxylation sites is 4. The first-order chi connectivity index (χ1) is 19.8. The van der Waals surface area contributed by atoms with Crippen molar-refractivity contribution < 1.29 is 4.57 Å². The van der Waals surface area contributed by atoms with Crippen LogP contribution < -0.4 is 5.30 Å². The number of benzene rings is 6. The van der Waals surface area contributed by atoms with Crippen molar-refractivity contribution in [2.75, 3.05) is 0 Å². The average Bonchev–Trinajstić information content (AvgIpc) is 3.54. The van der Waals surface area contributed by atoms with Gasteiger partial charge in [0.1, 0.15) is 0 Å². The van der Waals surface area contributed by atoms with Gasteiger partial charge in [0.05, 0.1) is 27.4 Å². The molecule has 8 aromatic rings. The van der Waals surface area contributed by atoms with Crippen LogP contribution in [0.5, 0.6) is 0 Å². The maximum Gasteiger partial charge on any atom is 0.302 e. The molecule has 40 heavy (non-hydrogen) atoms. The zero-order valence-electron chi connectivity index (χ0n) is 21.5. The lowest BCUT2D eigenvalue weighted by Crippen LogP contribution is -2.21. The molecule has 0 N–H and O–H groups in total. The highest BCUT2D eigenvalue weighted by molar-refractivity contribution is 7.70. The molecular weight excluding hydrogens is 507 g/mol. The minimum absolute atomic E-state index is 0.839. The van der Waals surface area contributed by atoms with Crippen molar-refractivity contribution in [2.24, 2.45) is 0 Å². The zero-order chi connectivity index (χ0) is 26.4. The molecule has 3 heterocycles. The Balaban J connectivity index is 1.63. The zero-order valence-corrected chi connectivity index (χ0v) is 22.4. The number of hydrogen-bond donors (Lipinski definition) is 0. The van der Waals surface area contributed by atoms with E-state index in [4.69, 9.17) is 0 Å². The molecular formula is C36H23N2OP. The monoisotopic (exact) mass is 530 g/mol. The van der Waals surface area contributed by atoms with Crippen LogP contribution in [0.3, 0.4) is 0 Å². The van der Waals surface area contributed by atoms with E-state index in [2.05, 4.69) is 130 Å². The van der Waals surface area contributed by atoms with E-state index in [9.17, 15) is 0 Å². The van der Waals surface area contributed by atoms with E-state index in [1.54, 1.807) is 0 Å². The molecule has 1 aliphatic rings. The quantitative estimate of drug-likeness (QED) is 0.194. The van der Waals surface area contributed by atoms with Gasteiger partial charge in [-0.1, -0.05) is 115 Å². The fraction of sp³-hybridized carbons (Fsp3) is 0. The van der Waals surface area contributed by atoms with Crippen LogP contribution in [0.15, 0.2) is 140 Å². The Morgan fingerprint density at radius 1 is 0.375 bits per heavy atom. The standard InChI is InChI=1S/C36H23N2OP/c39-40(37-32-20-7-3-14-26(32)27-15-4-8-21-33(27)37)35-23-10-6-17-29(35)24-12-1-2-13-25(24)30-18-11-19-31-28-16-5-9-22-34(28)38(40)36(30)31/h1-23H. The van der Waals surface area contributed by atoms with Crippen molar-refractivity contribution in [3.63, 3.8) is 0 Å². The minimum atomic E-state index is -3.60. The SMILES string of the molecule is O=P1(n2c3ccccc3c3ccccc32)c2ccccc2-c2ccccc2-c2cccc3c4ccccc4n1c23. The molecule has 4 heteroatoms. The summed E-state index contributed by atoms with van der Waals surface area (Å²) in [6.45, 7) is 0. The van der Waals surface area contributed by atoms with Crippen molar-refractivity contribution in [2.45, 2.75) is 0 Å². The Labute approximate surface area is 231 Å². The summed E-state index contributed by atoms with van der Waals surface area (Å²) in [5.74, 6) is 0. The number of rotatable bonds is 1. The van der Waals surface area contributed by atoms with E-state index in [-0.39, 0.29) is 0 Å². The van der Waals surface area contributed by atoms with E-state index in [0.717, 1.165) is 71.2 Å². The van der Waals surface area contributed by atoms with E-state index < -0.39 is 7.44 Å². The van der Waals surface area contributed by atoms with E-state index in [1.807, 2.05) is 18.2 Å². The molecule has 188 valence electrons. The largest absolute Gasteiger partial charge is 0.302 e. The van der Waals surface area contributed by atoms with Crippen LogP contribution in [-0.2, 0) is 4.57 Å². The topological polar surface area (TPSA) is 26.9 Å². The van der Waals surface area contributed by atoms with Crippen molar-refractivity contribution in [1.82, 2.24) is 8.68 Å². The second-order valence-corrected chi connectivity index (χ2v) is 12.9. The van der Waals surface area contributed by atoms with Crippen LogP contribution >= 0.6 is 7.44 Å². The van der Waals surface area contributed by atoms with Gasteiger partial charge in [0.25, 0.3) is 0 Å². The summed E-state index contributed by atoms with van der Waals surface area (Å²) in [4.78, 5) is 0. The molecule has 1 aliphatic heterocycles. The van der Waals surface area contributed by atoms with Crippen LogP contribution in [-0.4, -0.2) is 8.68 Å². The number of fused-ring (bicyclic) bond motifs is 10. The molecule has 0 amide bonds. The van der Waals surface area contributed by atoms with Gasteiger partial charge in [0.15, 0.2) is 0 Å². The van der Waals surface area contributed by atoms with Crippen LogP contribution in [0.2, 0.25) is 0 Å². The van der Waals surface area contributed by atoms with Crippen LogP contribution in [0.1, 0.15) is 0 Å². The lowest BCUT2D eigenvalue weighted by Gasteiger charge is -2.30. The predicted octanol–water partition coefficient (Wildman–Crippen LogP) is 9.46. The van der Waals surface area contributed by atoms with E-state index in [0.29, 0.717) is 0 Å². The summed E-state index contributed by atoms with van der Waals surface area (Å²) < 4.78 is 21.1. The van der Waals surface area contributed by atoms with Crippen LogP contribution in [0, 0.1) is 0 Å². The van der Waals surface area contributed by atoms with E-state index >= 15 is 4.57 Å². The van der Waals surface area contributed by atoms with Crippen molar-refractivity contribution in [3.8, 4) is 22.3 Å². The molecule has 0 spiro atoms. The van der Waals surface area contributed by atoms with Gasteiger partial charge >= 0.3 is 7.44 Å². The molecule has 0 saturated heterocycles. The summed E-state index contributed by atoms with van der Waals surface area (Å²) in [5.41, 5.74) is 8.28. The van der Waals surface area contributed by atoms with Crippen LogP contribution in [0.4, 0.5) is 0 Å². The molecule has 6 aromatic carbocycles. The first-order valence-corrected chi connectivity index (χ1v) is 15.2. The maximum absolute atomic E-state index is 16.7. The van der Waals surface area contributed by atoms with Gasteiger partial charge < -0.3 is 0 Å². The fourth-order valence-corrected chi connectivity index (χ4v) is 10.2. The lowest BCUT2D eigenvalue weighted by atomic mass is 9.93. The number of hydrogen-bond acceptors (Lipinski definition) is 1. The maximum atomic E-state index is 16.7. The number of aromatic nitrogens is 2. The summed E-state index contributed by atoms with van der Waals surface area (Å²) in [5, 5.41) is 5.27. The van der Waals surface area contributed by atoms with Gasteiger partial charge in [-0.3, -0.25) is 13.2 Å². The molecule has 0 aliphatic carbocycles. The van der Waals surface area contributed by atoms with Gasteiger partial charge in [0, 0.05) is 27.1 Å². The lowest BCUT2D eigenvalue weighted by molar-refractivity contribution is 0.573. The highest BCUT2D eigenvalue weighted by Gasteiger charge is 2.39. The minimum Gasteiger partial charge on any atom is -0.271 e. The van der Waals surface area contributed by atoms with Gasteiger partial charge in [-0.25, -0.2) is 0 Å². The molecule has 0 bridgehead atoms. The Morgan fingerprint density at radius 2 is 0.800 bits per heavy atom. The smallest absolute Gasteiger partial charge is 0.271 e. The highest BCUT2D eigenvalue weighted by Crippen LogP contribution is 2.60. The average molecular weight is 531 g/mol. The molecule has 2 aromatic heterocycles. The third-order valence-corrected chi connectivity index (χ3v) is 11.4. The second kappa shape index (κ2) is 7.85. The summed E-state index contributed by atoms with van der Waals surface area (Å²) in [7, 11) is -3.60. The van der Waals surface area contributed by atoms with E-state index in [1.165, 1.54) is 0 Å². The van der Waals surface area contributed by atoms with Gasteiger partial charge in [0.2, 0.25) is 0 Å². The van der Waals surface area contributed by atoms with Crippen LogP contribution in [0.25, 0.3) is 65.9 Å². The molecule has 0 fully saturated rings. The van der Waals surface area contributed by atoms with Crippen molar-refractivity contribution in [1.29, 1.82) is 0 Å². The first kappa shape index (κ1) is 22.0. The van der Waals surface area contributed by atoms with Crippen molar-refractivity contribution >= 4 is 56.4 Å². The van der Waals surface area contributed by atoms with Gasteiger partial charge in [-0.15, -0.1) is 0 Å². The van der Waals surface area contributed by atoms with Gasteiger partial charge in [-0.05, 0) is 41.0 Å². The van der Waals surface area contributed by atoms with Gasteiger partial charge in [-0.2, -0.15) is 0 Å². The molecule has 1 unspecified atom stereocenters. The third-order valence-electron chi connectivity index (χ3n) is 8.49. The first-order valence-electron chi connectivity index (χ1n) is 13.6. The molecule has 9 rings (SSSR count). The third kappa shape index (κ3) is 2.63. The molecule has 0 radical (unpaired) electrons. The Bertz CT molecular complexity index is 2320. The highest BCUT2D eigenvalue weighted by atomic mass is 31.2. The Kier molecular flexibility index (Phi) is 4.32.